The predicted molar refractivity (Wildman–Crippen MR) is 164 cm³/mol. The molecule has 0 aliphatic carbocycles. The van der Waals surface area contributed by atoms with Crippen molar-refractivity contribution in [3.05, 3.63) is 65.5 Å². The van der Waals surface area contributed by atoms with Crippen LogP contribution in [0.25, 0.3) is 21.9 Å². The summed E-state index contributed by atoms with van der Waals surface area (Å²) in [4.78, 5) is 17.9. The van der Waals surface area contributed by atoms with Crippen LogP contribution in [0.15, 0.2) is 48.5 Å². The molecule has 0 spiro atoms. The van der Waals surface area contributed by atoms with E-state index in [9.17, 15) is 9.90 Å². The van der Waals surface area contributed by atoms with Gasteiger partial charge in [0.1, 0.15) is 0 Å². The quantitative estimate of drug-likeness (QED) is 0.265. The van der Waals surface area contributed by atoms with Crippen molar-refractivity contribution in [2.24, 2.45) is 11.8 Å². The molecule has 2 unspecified atom stereocenters. The van der Waals surface area contributed by atoms with E-state index >= 15 is 0 Å². The molecule has 0 bridgehead atoms. The van der Waals surface area contributed by atoms with E-state index < -0.39 is 0 Å². The Balaban J connectivity index is 0.00000205. The topological polar surface area (TPSA) is 59.4 Å². The lowest BCUT2D eigenvalue weighted by Gasteiger charge is -2.25. The molecule has 212 valence electrons. The number of hydrogen-bond donors (Lipinski definition) is 1. The summed E-state index contributed by atoms with van der Waals surface area (Å²) in [5, 5.41) is 12.3. The van der Waals surface area contributed by atoms with E-state index in [-0.39, 0.29) is 18.3 Å². The van der Waals surface area contributed by atoms with Gasteiger partial charge < -0.3 is 9.84 Å². The van der Waals surface area contributed by atoms with Crippen LogP contribution < -0.4 is 0 Å². The van der Waals surface area contributed by atoms with Crippen molar-refractivity contribution in [3.63, 3.8) is 0 Å². The summed E-state index contributed by atoms with van der Waals surface area (Å²) >= 11 is 0. The van der Waals surface area contributed by atoms with E-state index in [1.165, 1.54) is 16.5 Å². The molecule has 4 nitrogen and oxygen atoms in total. The number of carbonyl (C=O) groups is 1. The first-order chi connectivity index (χ1) is 18.9. The molecule has 1 fully saturated rings. The first kappa shape index (κ1) is 31.0. The second-order valence-electron chi connectivity index (χ2n) is 11.0. The van der Waals surface area contributed by atoms with Gasteiger partial charge in [-0.05, 0) is 72.2 Å². The molecule has 1 aliphatic rings. The van der Waals surface area contributed by atoms with Gasteiger partial charge in [0.15, 0.2) is 5.78 Å². The normalized spacial score (nSPS) is 19.1. The molecule has 0 radical (unpaired) electrons. The first-order valence-electron chi connectivity index (χ1n) is 15.2. The maximum Gasteiger partial charge on any atom is 0.162 e. The third-order valence-corrected chi connectivity index (χ3v) is 8.11. The van der Waals surface area contributed by atoms with Crippen LogP contribution in [0, 0.1) is 11.8 Å². The van der Waals surface area contributed by atoms with Crippen LogP contribution in [0.3, 0.4) is 0 Å². The van der Waals surface area contributed by atoms with E-state index in [1.54, 1.807) is 0 Å². The molecule has 4 atom stereocenters. The van der Waals surface area contributed by atoms with Crippen LogP contribution >= 0.6 is 0 Å². The molecule has 1 aliphatic heterocycles. The fraction of sp³-hybridized carbons (Fsp3) is 0.543. The highest BCUT2D eigenvalue weighted by molar-refractivity contribution is 5.97. The van der Waals surface area contributed by atoms with Gasteiger partial charge in [-0.3, -0.25) is 9.78 Å². The van der Waals surface area contributed by atoms with Gasteiger partial charge in [0.25, 0.3) is 0 Å². The molecule has 3 aromatic rings. The summed E-state index contributed by atoms with van der Waals surface area (Å²) in [6.45, 7) is 14.5. The smallest absolute Gasteiger partial charge is 0.162 e. The Bertz CT molecular complexity index is 1200. The Morgan fingerprint density at radius 3 is 2.59 bits per heavy atom. The monoisotopic (exact) mass is 531 g/mol. The Labute approximate surface area is 236 Å². The van der Waals surface area contributed by atoms with Crippen LogP contribution in [0.1, 0.15) is 114 Å². The highest BCUT2D eigenvalue weighted by atomic mass is 16.5. The number of rotatable bonds is 10. The number of pyridine rings is 1. The van der Waals surface area contributed by atoms with E-state index in [4.69, 9.17) is 9.72 Å². The zero-order chi connectivity index (χ0) is 28.4. The molecule has 0 saturated carbocycles. The molecule has 2 heterocycles. The van der Waals surface area contributed by atoms with Gasteiger partial charge in [-0.15, -0.1) is 0 Å². The number of ether oxygens (including phenoxy) is 1. The fourth-order valence-electron chi connectivity index (χ4n) is 5.81. The number of benzene rings is 2. The van der Waals surface area contributed by atoms with Gasteiger partial charge in [-0.2, -0.15) is 0 Å². The Morgan fingerprint density at radius 2 is 1.87 bits per heavy atom. The maximum atomic E-state index is 12.5. The molecule has 2 aromatic carbocycles. The van der Waals surface area contributed by atoms with Gasteiger partial charge in [0.2, 0.25) is 0 Å². The summed E-state index contributed by atoms with van der Waals surface area (Å²) < 4.78 is 5.88. The lowest BCUT2D eigenvalue weighted by Crippen LogP contribution is -2.15. The van der Waals surface area contributed by atoms with Crippen molar-refractivity contribution in [2.75, 3.05) is 19.8 Å². The Kier molecular flexibility index (Phi) is 12.1. The van der Waals surface area contributed by atoms with E-state index in [0.717, 1.165) is 67.7 Å². The summed E-state index contributed by atoms with van der Waals surface area (Å²) in [5.74, 6) is 1.71. The number of ketones is 1. The lowest BCUT2D eigenvalue weighted by atomic mass is 9.83. The first-order valence-corrected chi connectivity index (χ1v) is 15.2. The van der Waals surface area contributed by atoms with Gasteiger partial charge >= 0.3 is 0 Å². The number of aliphatic hydroxyl groups is 1. The third-order valence-electron chi connectivity index (χ3n) is 8.11. The van der Waals surface area contributed by atoms with Crippen molar-refractivity contribution >= 4 is 16.6 Å². The molecule has 1 saturated heterocycles. The highest BCUT2D eigenvalue weighted by Crippen LogP contribution is 2.38. The molecule has 4 heteroatoms. The fourth-order valence-corrected chi connectivity index (χ4v) is 5.81. The van der Waals surface area contributed by atoms with E-state index in [2.05, 4.69) is 51.1 Å². The summed E-state index contributed by atoms with van der Waals surface area (Å²) in [6.07, 6.45) is 5.25. The highest BCUT2D eigenvalue weighted by Gasteiger charge is 2.26. The SMILES string of the molecule is CC.CCCC(=O)c1cccc(-c2ccc3c(C4CCOC[C@H](C)C4)nc(C(CCO)[C@@H](C)CC)cc3c2)c1. The number of hydrogen-bond acceptors (Lipinski definition) is 4. The number of aliphatic hydroxyl groups excluding tert-OH is 1. The molecule has 0 amide bonds. The number of carbonyl (C=O) groups excluding carboxylic acids is 1. The van der Waals surface area contributed by atoms with Crippen LogP contribution in [-0.2, 0) is 4.74 Å². The van der Waals surface area contributed by atoms with Crippen LogP contribution in [-0.4, -0.2) is 35.7 Å². The Morgan fingerprint density at radius 1 is 1.10 bits per heavy atom. The second kappa shape index (κ2) is 15.3. The van der Waals surface area contributed by atoms with Crippen molar-refractivity contribution in [2.45, 2.75) is 91.9 Å². The maximum absolute atomic E-state index is 12.5. The molecule has 1 N–H and O–H groups in total. The zero-order valence-corrected chi connectivity index (χ0v) is 25.0. The van der Waals surface area contributed by atoms with Crippen LogP contribution in [0.5, 0.6) is 0 Å². The lowest BCUT2D eigenvalue weighted by molar-refractivity contribution is 0.0981. The Hall–Kier alpha value is -2.56. The molecule has 4 rings (SSSR count). The van der Waals surface area contributed by atoms with Gasteiger partial charge in [0, 0.05) is 54.7 Å². The number of aromatic nitrogens is 1. The van der Waals surface area contributed by atoms with Crippen molar-refractivity contribution in [3.8, 4) is 11.1 Å². The number of Topliss-reactive ketones (excluding diaryl/α,β-unsaturated/α-hetero) is 1. The minimum absolute atomic E-state index is 0.164. The van der Waals surface area contributed by atoms with Crippen molar-refractivity contribution in [1.82, 2.24) is 4.98 Å². The summed E-state index contributed by atoms with van der Waals surface area (Å²) in [6, 6.07) is 16.9. The minimum atomic E-state index is 0.164. The van der Waals surface area contributed by atoms with Crippen molar-refractivity contribution < 1.29 is 14.6 Å². The summed E-state index contributed by atoms with van der Waals surface area (Å²) in [5.41, 5.74) is 5.22. The molecule has 39 heavy (non-hydrogen) atoms. The van der Waals surface area contributed by atoms with E-state index in [0.29, 0.717) is 24.2 Å². The van der Waals surface area contributed by atoms with Gasteiger partial charge in [-0.25, -0.2) is 0 Å². The predicted octanol–water partition coefficient (Wildman–Crippen LogP) is 8.95. The molecule has 1 aromatic heterocycles. The van der Waals surface area contributed by atoms with Crippen LogP contribution in [0.2, 0.25) is 0 Å². The minimum Gasteiger partial charge on any atom is -0.396 e. The molecular formula is C35H49NO3. The van der Waals surface area contributed by atoms with Gasteiger partial charge in [-0.1, -0.05) is 78.3 Å². The largest absolute Gasteiger partial charge is 0.396 e. The zero-order valence-electron chi connectivity index (χ0n) is 25.0. The van der Waals surface area contributed by atoms with Gasteiger partial charge in [0.05, 0.1) is 5.69 Å². The summed E-state index contributed by atoms with van der Waals surface area (Å²) in [7, 11) is 0. The number of nitrogens with zero attached hydrogens (tertiary/aromatic N) is 1. The van der Waals surface area contributed by atoms with Crippen LogP contribution in [0.4, 0.5) is 0 Å². The average Bonchev–Trinajstić information content (AvgIpc) is 3.20. The average molecular weight is 532 g/mol. The van der Waals surface area contributed by atoms with E-state index in [1.807, 2.05) is 39.0 Å². The standard InChI is InChI=1S/C33H43NO3.C2H6/c1-5-8-32(36)26-10-7-9-24(18-26)25-11-12-30-28(19-25)20-31(29(13-15-35)23(4)6-2)34-33(30)27-14-16-37-21-22(3)17-27;1-2/h7,9-12,18-20,22-23,27,29,35H,5-6,8,13-17,21H2,1-4H3;1-2H3/t22-,23+,27?,29?;/m1./s1. The van der Waals surface area contributed by atoms with Crippen molar-refractivity contribution in [1.29, 1.82) is 0 Å². The third kappa shape index (κ3) is 7.77. The second-order valence-corrected chi connectivity index (χ2v) is 11.0. The number of fused-ring (bicyclic) bond motifs is 1. The molecular weight excluding hydrogens is 482 g/mol.